The number of carbonyl (C=O) groups excluding carboxylic acids is 1. The zero-order valence-electron chi connectivity index (χ0n) is 11.9. The van der Waals surface area contributed by atoms with Gasteiger partial charge >= 0.3 is 0 Å². The Morgan fingerprint density at radius 3 is 2.86 bits per heavy atom. The number of hydrogen-bond donors (Lipinski definition) is 2. The summed E-state index contributed by atoms with van der Waals surface area (Å²) in [7, 11) is 0. The SMILES string of the molecule is CCNc1ccc(Cl)c(C(=O)NC(C)c2cccnc2)n1. The van der Waals surface area contributed by atoms with Gasteiger partial charge in [0.25, 0.3) is 5.91 Å². The summed E-state index contributed by atoms with van der Waals surface area (Å²) in [6, 6.07) is 6.97. The second-order valence-corrected chi connectivity index (χ2v) is 4.95. The molecular formula is C15H17ClN4O. The summed E-state index contributed by atoms with van der Waals surface area (Å²) in [6.07, 6.45) is 3.41. The van der Waals surface area contributed by atoms with Crippen molar-refractivity contribution < 1.29 is 4.79 Å². The second-order valence-electron chi connectivity index (χ2n) is 4.54. The van der Waals surface area contributed by atoms with E-state index in [4.69, 9.17) is 11.6 Å². The molecule has 0 aromatic carbocycles. The quantitative estimate of drug-likeness (QED) is 0.891. The van der Waals surface area contributed by atoms with Crippen LogP contribution in [-0.2, 0) is 0 Å². The average Bonchev–Trinajstić information content (AvgIpc) is 2.50. The maximum Gasteiger partial charge on any atom is 0.271 e. The molecule has 6 heteroatoms. The van der Waals surface area contributed by atoms with Gasteiger partial charge in [-0.1, -0.05) is 17.7 Å². The standard InChI is InChI=1S/C15H17ClN4O/c1-3-18-13-7-6-12(16)14(20-13)15(21)19-10(2)11-5-4-8-17-9-11/h4-10H,3H2,1-2H3,(H,18,20)(H,19,21). The molecular weight excluding hydrogens is 288 g/mol. The van der Waals surface area contributed by atoms with Crippen molar-refractivity contribution in [3.8, 4) is 0 Å². The van der Waals surface area contributed by atoms with Gasteiger partial charge in [0.15, 0.2) is 0 Å². The Kier molecular flexibility index (Phi) is 5.11. The first-order valence-electron chi connectivity index (χ1n) is 6.73. The number of halogens is 1. The highest BCUT2D eigenvalue weighted by atomic mass is 35.5. The zero-order valence-corrected chi connectivity index (χ0v) is 12.7. The molecule has 0 bridgehead atoms. The summed E-state index contributed by atoms with van der Waals surface area (Å²) in [6.45, 7) is 4.57. The van der Waals surface area contributed by atoms with Crippen LogP contribution in [0.25, 0.3) is 0 Å². The molecule has 0 saturated heterocycles. The molecule has 1 amide bonds. The van der Waals surface area contributed by atoms with Crippen molar-refractivity contribution >= 4 is 23.3 Å². The van der Waals surface area contributed by atoms with Crippen LogP contribution in [0.1, 0.15) is 35.9 Å². The molecule has 2 aromatic rings. The Labute approximate surface area is 128 Å². The van der Waals surface area contributed by atoms with Gasteiger partial charge in [-0.25, -0.2) is 4.98 Å². The fourth-order valence-corrected chi connectivity index (χ4v) is 2.05. The van der Waals surface area contributed by atoms with E-state index in [2.05, 4.69) is 20.6 Å². The highest BCUT2D eigenvalue weighted by Crippen LogP contribution is 2.18. The molecule has 0 spiro atoms. The van der Waals surface area contributed by atoms with Gasteiger partial charge in [0.2, 0.25) is 0 Å². The number of carbonyl (C=O) groups is 1. The number of rotatable bonds is 5. The van der Waals surface area contributed by atoms with Crippen LogP contribution in [0.15, 0.2) is 36.7 Å². The molecule has 21 heavy (non-hydrogen) atoms. The van der Waals surface area contributed by atoms with Gasteiger partial charge in [0, 0.05) is 18.9 Å². The fraction of sp³-hybridized carbons (Fsp3) is 0.267. The zero-order chi connectivity index (χ0) is 15.2. The Morgan fingerprint density at radius 1 is 1.38 bits per heavy atom. The lowest BCUT2D eigenvalue weighted by molar-refractivity contribution is 0.0935. The van der Waals surface area contributed by atoms with Crippen molar-refractivity contribution in [1.82, 2.24) is 15.3 Å². The van der Waals surface area contributed by atoms with Crippen LogP contribution in [0.5, 0.6) is 0 Å². The Morgan fingerprint density at radius 2 is 2.19 bits per heavy atom. The molecule has 0 aliphatic heterocycles. The minimum Gasteiger partial charge on any atom is -0.370 e. The first-order chi connectivity index (χ1) is 10.1. The van der Waals surface area contributed by atoms with Crippen LogP contribution in [0, 0.1) is 0 Å². The van der Waals surface area contributed by atoms with Crippen LogP contribution in [-0.4, -0.2) is 22.4 Å². The van der Waals surface area contributed by atoms with E-state index in [0.717, 1.165) is 12.1 Å². The van der Waals surface area contributed by atoms with E-state index in [1.54, 1.807) is 24.5 Å². The minimum absolute atomic E-state index is 0.174. The van der Waals surface area contributed by atoms with E-state index < -0.39 is 0 Å². The summed E-state index contributed by atoms with van der Waals surface area (Å²) in [5.41, 5.74) is 1.13. The van der Waals surface area contributed by atoms with E-state index in [9.17, 15) is 4.79 Å². The van der Waals surface area contributed by atoms with Crippen LogP contribution < -0.4 is 10.6 Å². The van der Waals surface area contributed by atoms with Crippen LogP contribution in [0.2, 0.25) is 5.02 Å². The summed E-state index contributed by atoms with van der Waals surface area (Å²) in [5, 5.41) is 6.25. The molecule has 2 rings (SSSR count). The Balaban J connectivity index is 2.14. The number of anilines is 1. The fourth-order valence-electron chi connectivity index (χ4n) is 1.86. The summed E-state index contributed by atoms with van der Waals surface area (Å²) < 4.78 is 0. The molecule has 0 aliphatic carbocycles. The van der Waals surface area contributed by atoms with Crippen LogP contribution in [0.4, 0.5) is 5.82 Å². The molecule has 2 heterocycles. The van der Waals surface area contributed by atoms with E-state index >= 15 is 0 Å². The first kappa shape index (κ1) is 15.3. The van der Waals surface area contributed by atoms with E-state index in [-0.39, 0.29) is 17.6 Å². The molecule has 2 aromatic heterocycles. The summed E-state index contributed by atoms with van der Waals surface area (Å²) in [4.78, 5) is 20.6. The van der Waals surface area contributed by atoms with Gasteiger partial charge in [-0.3, -0.25) is 9.78 Å². The molecule has 0 aliphatic rings. The molecule has 5 nitrogen and oxygen atoms in total. The van der Waals surface area contributed by atoms with Crippen molar-refractivity contribution in [3.05, 3.63) is 52.9 Å². The van der Waals surface area contributed by atoms with E-state index in [1.807, 2.05) is 26.0 Å². The molecule has 1 unspecified atom stereocenters. The largest absolute Gasteiger partial charge is 0.370 e. The molecule has 0 fully saturated rings. The topological polar surface area (TPSA) is 66.9 Å². The average molecular weight is 305 g/mol. The molecule has 0 radical (unpaired) electrons. The number of amides is 1. The number of hydrogen-bond acceptors (Lipinski definition) is 4. The maximum absolute atomic E-state index is 12.3. The van der Waals surface area contributed by atoms with E-state index in [1.165, 1.54) is 0 Å². The number of pyridine rings is 2. The van der Waals surface area contributed by atoms with E-state index in [0.29, 0.717) is 10.8 Å². The second kappa shape index (κ2) is 7.04. The lowest BCUT2D eigenvalue weighted by Gasteiger charge is -2.14. The minimum atomic E-state index is -0.309. The highest BCUT2D eigenvalue weighted by molar-refractivity contribution is 6.33. The third-order valence-corrected chi connectivity index (χ3v) is 3.26. The van der Waals surface area contributed by atoms with Gasteiger partial charge < -0.3 is 10.6 Å². The first-order valence-corrected chi connectivity index (χ1v) is 7.10. The Hall–Kier alpha value is -2.14. The van der Waals surface area contributed by atoms with Gasteiger partial charge in [0.05, 0.1) is 11.1 Å². The van der Waals surface area contributed by atoms with Gasteiger partial charge in [-0.15, -0.1) is 0 Å². The predicted octanol–water partition coefficient (Wildman–Crippen LogP) is 3.05. The predicted molar refractivity (Wildman–Crippen MR) is 83.5 cm³/mol. The lowest BCUT2D eigenvalue weighted by Crippen LogP contribution is -2.28. The lowest BCUT2D eigenvalue weighted by atomic mass is 10.1. The summed E-state index contributed by atoms with van der Waals surface area (Å²) >= 11 is 6.06. The van der Waals surface area contributed by atoms with Crippen LogP contribution >= 0.6 is 11.6 Å². The number of nitrogens with zero attached hydrogens (tertiary/aromatic N) is 2. The van der Waals surface area contributed by atoms with Crippen LogP contribution in [0.3, 0.4) is 0 Å². The molecule has 1 atom stereocenters. The van der Waals surface area contributed by atoms with Gasteiger partial charge in [-0.05, 0) is 37.6 Å². The molecule has 0 saturated carbocycles. The highest BCUT2D eigenvalue weighted by Gasteiger charge is 2.16. The van der Waals surface area contributed by atoms with Crippen molar-refractivity contribution in [2.24, 2.45) is 0 Å². The smallest absolute Gasteiger partial charge is 0.271 e. The third-order valence-electron chi connectivity index (χ3n) is 2.95. The number of aromatic nitrogens is 2. The monoisotopic (exact) mass is 304 g/mol. The molecule has 110 valence electrons. The normalized spacial score (nSPS) is 11.8. The van der Waals surface area contributed by atoms with Gasteiger partial charge in [0.1, 0.15) is 11.5 Å². The Bertz CT molecular complexity index is 618. The van der Waals surface area contributed by atoms with Crippen molar-refractivity contribution in [2.75, 3.05) is 11.9 Å². The summed E-state index contributed by atoms with van der Waals surface area (Å²) in [5.74, 6) is 0.317. The van der Waals surface area contributed by atoms with Crippen molar-refractivity contribution in [2.45, 2.75) is 19.9 Å². The van der Waals surface area contributed by atoms with Gasteiger partial charge in [-0.2, -0.15) is 0 Å². The number of nitrogens with one attached hydrogen (secondary N) is 2. The maximum atomic E-state index is 12.3. The third kappa shape index (κ3) is 3.92. The van der Waals surface area contributed by atoms with Crippen molar-refractivity contribution in [3.63, 3.8) is 0 Å². The molecule has 2 N–H and O–H groups in total. The van der Waals surface area contributed by atoms with Crippen molar-refractivity contribution in [1.29, 1.82) is 0 Å².